The molecule has 1 aromatic heterocycles. The summed E-state index contributed by atoms with van der Waals surface area (Å²) in [5.41, 5.74) is 0.807. The average molecular weight is 195 g/mol. The van der Waals surface area contributed by atoms with Gasteiger partial charge in [-0.15, -0.1) is 11.6 Å². The van der Waals surface area contributed by atoms with Crippen molar-refractivity contribution in [1.82, 2.24) is 4.98 Å². The summed E-state index contributed by atoms with van der Waals surface area (Å²) in [4.78, 5) is 15.1. The maximum atomic E-state index is 11.2. The number of Topliss-reactive ketones (excluding diaryl/α,β-unsaturated/α-hetero) is 1. The van der Waals surface area contributed by atoms with Gasteiger partial charge in [0.05, 0.1) is 5.56 Å². The molecule has 1 aromatic rings. The molecule has 0 bridgehead atoms. The van der Waals surface area contributed by atoms with Gasteiger partial charge in [-0.25, -0.2) is 0 Å². The monoisotopic (exact) mass is 194 g/mol. The summed E-state index contributed by atoms with van der Waals surface area (Å²) < 4.78 is 0. The molecule has 66 valence electrons. The molecular formula is C9H7ClN2O. The second-order valence-corrected chi connectivity index (χ2v) is 2.78. The van der Waals surface area contributed by atoms with E-state index in [1.807, 2.05) is 6.07 Å². The van der Waals surface area contributed by atoms with E-state index in [0.717, 1.165) is 0 Å². The molecular weight excluding hydrogens is 188 g/mol. The fraction of sp³-hybridized carbons (Fsp3) is 0.222. The van der Waals surface area contributed by atoms with Crippen molar-refractivity contribution in [3.63, 3.8) is 0 Å². The zero-order valence-corrected chi connectivity index (χ0v) is 7.58. The third-order valence-electron chi connectivity index (χ3n) is 1.50. The Morgan fingerprint density at radius 3 is 2.85 bits per heavy atom. The lowest BCUT2D eigenvalue weighted by Gasteiger charge is -1.96. The van der Waals surface area contributed by atoms with E-state index in [1.54, 1.807) is 6.07 Å². The topological polar surface area (TPSA) is 53.8 Å². The van der Waals surface area contributed by atoms with Gasteiger partial charge in [-0.3, -0.25) is 9.78 Å². The molecule has 0 aliphatic heterocycles. The minimum absolute atomic E-state index is 0.0977. The number of hydrogen-bond donors (Lipinski definition) is 0. The summed E-state index contributed by atoms with van der Waals surface area (Å²) >= 11 is 5.40. The fourth-order valence-electron chi connectivity index (χ4n) is 0.839. The molecule has 4 heteroatoms. The zero-order valence-electron chi connectivity index (χ0n) is 6.83. The van der Waals surface area contributed by atoms with Gasteiger partial charge in [-0.1, -0.05) is 0 Å². The van der Waals surface area contributed by atoms with E-state index >= 15 is 0 Å². The van der Waals surface area contributed by atoms with Gasteiger partial charge in [0.25, 0.3) is 0 Å². The van der Waals surface area contributed by atoms with Crippen LogP contribution in [0.15, 0.2) is 18.3 Å². The van der Waals surface area contributed by atoms with Crippen molar-refractivity contribution in [2.45, 2.75) is 6.42 Å². The predicted molar refractivity (Wildman–Crippen MR) is 48.6 cm³/mol. The Morgan fingerprint density at radius 2 is 2.38 bits per heavy atom. The Kier molecular flexibility index (Phi) is 3.41. The van der Waals surface area contributed by atoms with Gasteiger partial charge >= 0.3 is 0 Å². The molecule has 3 nitrogen and oxygen atoms in total. The molecule has 1 rings (SSSR count). The first-order valence-corrected chi connectivity index (χ1v) is 4.26. The Bertz CT molecular complexity index is 340. The lowest BCUT2D eigenvalue weighted by atomic mass is 10.2. The number of alkyl halides is 1. The first-order valence-electron chi connectivity index (χ1n) is 3.73. The van der Waals surface area contributed by atoms with Crippen LogP contribution < -0.4 is 0 Å². The summed E-state index contributed by atoms with van der Waals surface area (Å²) in [5, 5.41) is 8.47. The van der Waals surface area contributed by atoms with Crippen LogP contribution in [0.25, 0.3) is 0 Å². The molecule has 0 radical (unpaired) electrons. The number of pyridine rings is 1. The minimum atomic E-state index is -0.0977. The summed E-state index contributed by atoms with van der Waals surface area (Å²) in [6, 6.07) is 5.02. The van der Waals surface area contributed by atoms with Gasteiger partial charge in [0.1, 0.15) is 11.8 Å². The molecule has 0 aliphatic carbocycles. The molecule has 0 N–H and O–H groups in total. The number of nitrogens with zero attached hydrogens (tertiary/aromatic N) is 2. The summed E-state index contributed by atoms with van der Waals surface area (Å²) in [6.07, 6.45) is 1.65. The summed E-state index contributed by atoms with van der Waals surface area (Å²) in [6.45, 7) is 0. The molecule has 0 amide bonds. The molecule has 0 spiro atoms. The summed E-state index contributed by atoms with van der Waals surface area (Å²) in [5.74, 6) is 0.194. The van der Waals surface area contributed by atoms with Crippen molar-refractivity contribution in [2.75, 3.05) is 5.88 Å². The fourth-order valence-corrected chi connectivity index (χ4v) is 1.01. The number of halogens is 1. The van der Waals surface area contributed by atoms with Crippen LogP contribution in [0.1, 0.15) is 22.5 Å². The van der Waals surface area contributed by atoms with Crippen LogP contribution in [-0.4, -0.2) is 16.6 Å². The van der Waals surface area contributed by atoms with Crippen LogP contribution in [0.2, 0.25) is 0 Å². The number of carbonyl (C=O) groups is 1. The van der Waals surface area contributed by atoms with Gasteiger partial charge in [-0.2, -0.15) is 5.26 Å². The van der Waals surface area contributed by atoms with Crippen LogP contribution >= 0.6 is 11.6 Å². The first kappa shape index (κ1) is 9.69. The number of rotatable bonds is 3. The second kappa shape index (κ2) is 4.58. The van der Waals surface area contributed by atoms with E-state index in [4.69, 9.17) is 16.9 Å². The Labute approximate surface area is 81.0 Å². The SMILES string of the molecule is N#Cc1ccc(C(=O)CCCl)nc1. The van der Waals surface area contributed by atoms with E-state index in [1.165, 1.54) is 12.3 Å². The molecule has 0 aromatic carbocycles. The van der Waals surface area contributed by atoms with E-state index in [2.05, 4.69) is 4.98 Å². The highest BCUT2D eigenvalue weighted by molar-refractivity contribution is 6.19. The highest BCUT2D eigenvalue weighted by Crippen LogP contribution is 2.02. The maximum absolute atomic E-state index is 11.2. The van der Waals surface area contributed by atoms with Gasteiger partial charge in [0, 0.05) is 18.5 Å². The van der Waals surface area contributed by atoms with E-state index in [0.29, 0.717) is 17.1 Å². The second-order valence-electron chi connectivity index (χ2n) is 2.41. The largest absolute Gasteiger partial charge is 0.292 e. The van der Waals surface area contributed by atoms with Crippen LogP contribution in [0, 0.1) is 11.3 Å². The molecule has 1 heterocycles. The van der Waals surface area contributed by atoms with Crippen molar-refractivity contribution in [2.24, 2.45) is 0 Å². The van der Waals surface area contributed by atoms with Gasteiger partial charge in [-0.05, 0) is 12.1 Å². The number of ketones is 1. The number of aromatic nitrogens is 1. The molecule has 0 atom stereocenters. The maximum Gasteiger partial charge on any atom is 0.182 e. The van der Waals surface area contributed by atoms with E-state index in [-0.39, 0.29) is 12.2 Å². The normalized spacial score (nSPS) is 9.23. The zero-order chi connectivity index (χ0) is 9.68. The number of nitriles is 1. The van der Waals surface area contributed by atoms with Gasteiger partial charge < -0.3 is 0 Å². The van der Waals surface area contributed by atoms with E-state index < -0.39 is 0 Å². The minimum Gasteiger partial charge on any atom is -0.292 e. The van der Waals surface area contributed by atoms with Crippen molar-refractivity contribution < 1.29 is 4.79 Å². The molecule has 0 saturated heterocycles. The highest BCUT2D eigenvalue weighted by Gasteiger charge is 2.05. The number of hydrogen-bond acceptors (Lipinski definition) is 3. The Balaban J connectivity index is 2.81. The quantitative estimate of drug-likeness (QED) is 0.544. The lowest BCUT2D eigenvalue weighted by molar-refractivity contribution is 0.0984. The Morgan fingerprint density at radius 1 is 1.62 bits per heavy atom. The van der Waals surface area contributed by atoms with Crippen molar-refractivity contribution in [3.05, 3.63) is 29.6 Å². The summed E-state index contributed by atoms with van der Waals surface area (Å²) in [7, 11) is 0. The smallest absolute Gasteiger partial charge is 0.182 e. The molecule has 0 unspecified atom stereocenters. The van der Waals surface area contributed by atoms with Gasteiger partial charge in [0.15, 0.2) is 5.78 Å². The predicted octanol–water partition coefficient (Wildman–Crippen LogP) is 1.76. The third kappa shape index (κ3) is 2.53. The molecule has 0 aliphatic rings. The van der Waals surface area contributed by atoms with Crippen LogP contribution in [0.3, 0.4) is 0 Å². The average Bonchev–Trinajstić information content (AvgIpc) is 2.18. The van der Waals surface area contributed by atoms with Crippen molar-refractivity contribution in [3.8, 4) is 6.07 Å². The third-order valence-corrected chi connectivity index (χ3v) is 1.69. The molecule has 0 fully saturated rings. The van der Waals surface area contributed by atoms with Crippen LogP contribution in [0.5, 0.6) is 0 Å². The standard InChI is InChI=1S/C9H7ClN2O/c10-4-3-9(13)8-2-1-7(5-11)6-12-8/h1-2,6H,3-4H2. The van der Waals surface area contributed by atoms with Crippen molar-refractivity contribution >= 4 is 17.4 Å². The number of carbonyl (C=O) groups excluding carboxylic acids is 1. The van der Waals surface area contributed by atoms with Gasteiger partial charge in [0.2, 0.25) is 0 Å². The first-order chi connectivity index (χ1) is 6.27. The van der Waals surface area contributed by atoms with Crippen LogP contribution in [-0.2, 0) is 0 Å². The Hall–Kier alpha value is -1.40. The molecule has 13 heavy (non-hydrogen) atoms. The van der Waals surface area contributed by atoms with Crippen LogP contribution in [0.4, 0.5) is 0 Å². The van der Waals surface area contributed by atoms with E-state index in [9.17, 15) is 4.79 Å². The molecule has 0 saturated carbocycles. The van der Waals surface area contributed by atoms with Crippen molar-refractivity contribution in [1.29, 1.82) is 5.26 Å². The lowest BCUT2D eigenvalue weighted by Crippen LogP contribution is -2.02. The highest BCUT2D eigenvalue weighted by atomic mass is 35.5.